The Bertz CT molecular complexity index is 540. The van der Waals surface area contributed by atoms with Crippen LogP contribution >= 0.6 is 11.3 Å². The first-order chi connectivity index (χ1) is 8.34. The van der Waals surface area contributed by atoms with Crippen LogP contribution in [0.3, 0.4) is 0 Å². The zero-order valence-electron chi connectivity index (χ0n) is 9.36. The van der Waals surface area contributed by atoms with Crippen molar-refractivity contribution in [2.24, 2.45) is 5.84 Å². The molecule has 102 valence electrons. The summed E-state index contributed by atoms with van der Waals surface area (Å²) in [5.41, 5.74) is 1.68. The fourth-order valence-corrected chi connectivity index (χ4v) is 3.75. The van der Waals surface area contributed by atoms with Gasteiger partial charge in [0.15, 0.2) is 5.00 Å². The highest BCUT2D eigenvalue weighted by Gasteiger charge is 2.28. The van der Waals surface area contributed by atoms with Gasteiger partial charge in [-0.2, -0.15) is 4.31 Å². The maximum atomic E-state index is 12.0. The van der Waals surface area contributed by atoms with Crippen molar-refractivity contribution in [1.82, 2.24) is 4.31 Å². The molecule has 0 fully saturated rings. The zero-order valence-corrected chi connectivity index (χ0v) is 11.0. The molecule has 0 unspecified atom stereocenters. The van der Waals surface area contributed by atoms with Crippen LogP contribution in [0.2, 0.25) is 0 Å². The Kier molecular flexibility index (Phi) is 4.59. The third-order valence-corrected chi connectivity index (χ3v) is 5.46. The van der Waals surface area contributed by atoms with E-state index < -0.39 is 20.6 Å². The first-order valence-corrected chi connectivity index (χ1v) is 6.92. The quantitative estimate of drug-likeness (QED) is 0.367. The predicted molar refractivity (Wildman–Crippen MR) is 65.7 cm³/mol. The van der Waals surface area contributed by atoms with Crippen LogP contribution in [0.25, 0.3) is 0 Å². The number of nitrogens with one attached hydrogen (secondary N) is 1. The Morgan fingerprint density at radius 2 is 2.28 bits per heavy atom. The molecule has 0 atom stereocenters. The van der Waals surface area contributed by atoms with E-state index >= 15 is 0 Å². The van der Waals surface area contributed by atoms with Crippen LogP contribution < -0.4 is 11.3 Å². The predicted octanol–water partition coefficient (Wildman–Crippen LogP) is -0.445. The Balaban J connectivity index is 3.22. The molecule has 1 rings (SSSR count). The number of likely N-dealkylation sites (N-methyl/N-ethyl adjacent to an activating group) is 1. The van der Waals surface area contributed by atoms with Gasteiger partial charge in [0.1, 0.15) is 4.21 Å². The molecule has 0 aliphatic heterocycles. The van der Waals surface area contributed by atoms with Gasteiger partial charge in [-0.25, -0.2) is 14.3 Å². The number of thiophene rings is 1. The molecule has 0 aromatic carbocycles. The van der Waals surface area contributed by atoms with Crippen LogP contribution in [0.15, 0.2) is 10.3 Å². The molecule has 18 heavy (non-hydrogen) atoms. The first-order valence-electron chi connectivity index (χ1n) is 4.66. The van der Waals surface area contributed by atoms with E-state index in [1.54, 1.807) is 0 Å². The van der Waals surface area contributed by atoms with Crippen molar-refractivity contribution in [3.05, 3.63) is 16.2 Å². The minimum atomic E-state index is -3.85. The van der Waals surface area contributed by atoms with Crippen molar-refractivity contribution < 1.29 is 18.4 Å². The number of hydrogen-bond acceptors (Lipinski definition) is 8. The lowest BCUT2D eigenvalue weighted by Crippen LogP contribution is -2.29. The fourth-order valence-electron chi connectivity index (χ4n) is 1.14. The summed E-state index contributed by atoms with van der Waals surface area (Å²) in [4.78, 5) is 9.96. The topological polar surface area (TPSA) is 139 Å². The highest BCUT2D eigenvalue weighted by Crippen LogP contribution is 2.37. The molecule has 1 heterocycles. The van der Waals surface area contributed by atoms with Gasteiger partial charge in [-0.3, -0.25) is 10.1 Å². The summed E-state index contributed by atoms with van der Waals surface area (Å²) < 4.78 is 24.6. The molecule has 9 nitrogen and oxygen atoms in total. The van der Waals surface area contributed by atoms with Crippen LogP contribution in [0.1, 0.15) is 0 Å². The number of anilines is 1. The summed E-state index contributed by atoms with van der Waals surface area (Å²) in [6.07, 6.45) is 0. The number of hydrogen-bond donors (Lipinski definition) is 3. The summed E-state index contributed by atoms with van der Waals surface area (Å²) in [6, 6.07) is 0.934. The number of nitrogens with zero attached hydrogens (tertiary/aromatic N) is 2. The molecule has 0 aliphatic carbocycles. The molecular formula is C7H12N4O5S2. The Labute approximate surface area is 107 Å². The standard InChI is InChI=1S/C7H12N4O5S2/c1-10(2-3-12)18(15,16)6-4-5(11(13)14)7(9-8)17-6/h4,9,12H,2-3,8H2,1H3. The van der Waals surface area contributed by atoms with Gasteiger partial charge in [0.05, 0.1) is 11.5 Å². The number of hydrazine groups is 1. The van der Waals surface area contributed by atoms with Crippen LogP contribution in [0.5, 0.6) is 0 Å². The molecule has 0 saturated carbocycles. The van der Waals surface area contributed by atoms with Crippen LogP contribution in [0.4, 0.5) is 10.7 Å². The van der Waals surface area contributed by atoms with Crippen molar-refractivity contribution in [2.45, 2.75) is 4.21 Å². The number of rotatable bonds is 6. The summed E-state index contributed by atoms with van der Waals surface area (Å²) >= 11 is 0.660. The summed E-state index contributed by atoms with van der Waals surface area (Å²) in [7, 11) is -2.58. The Morgan fingerprint density at radius 1 is 1.67 bits per heavy atom. The molecule has 0 aliphatic rings. The van der Waals surface area contributed by atoms with E-state index in [9.17, 15) is 18.5 Å². The van der Waals surface area contributed by atoms with Gasteiger partial charge in [-0.1, -0.05) is 11.3 Å². The minimum absolute atomic E-state index is 0.0454. The number of aliphatic hydroxyl groups excluding tert-OH is 1. The van der Waals surface area contributed by atoms with E-state index in [4.69, 9.17) is 10.9 Å². The zero-order chi connectivity index (χ0) is 13.9. The lowest BCUT2D eigenvalue weighted by Gasteiger charge is -2.13. The second kappa shape index (κ2) is 5.58. The second-order valence-electron chi connectivity index (χ2n) is 3.23. The summed E-state index contributed by atoms with van der Waals surface area (Å²) in [5.74, 6) is 5.09. The van der Waals surface area contributed by atoms with Crippen molar-refractivity contribution in [3.63, 3.8) is 0 Å². The van der Waals surface area contributed by atoms with E-state index in [0.29, 0.717) is 11.3 Å². The van der Waals surface area contributed by atoms with Gasteiger partial charge in [0, 0.05) is 19.7 Å². The number of nitro groups is 1. The molecule has 0 bridgehead atoms. The van der Waals surface area contributed by atoms with Crippen LogP contribution in [0, 0.1) is 10.1 Å². The number of aliphatic hydroxyl groups is 1. The number of nitrogen functional groups attached to an aromatic ring is 1. The highest BCUT2D eigenvalue weighted by atomic mass is 32.2. The molecule has 4 N–H and O–H groups in total. The second-order valence-corrected chi connectivity index (χ2v) is 6.56. The van der Waals surface area contributed by atoms with Crippen LogP contribution in [-0.4, -0.2) is 43.0 Å². The van der Waals surface area contributed by atoms with Gasteiger partial charge in [0.25, 0.3) is 10.0 Å². The SMILES string of the molecule is CN(CCO)S(=O)(=O)c1cc([N+](=O)[O-])c(NN)s1. The average Bonchev–Trinajstić information content (AvgIpc) is 2.73. The Hall–Kier alpha value is -1.27. The van der Waals surface area contributed by atoms with E-state index in [0.717, 1.165) is 10.4 Å². The molecule has 1 aromatic heterocycles. The highest BCUT2D eigenvalue weighted by molar-refractivity contribution is 7.91. The molecule has 1 aromatic rings. The molecule has 0 amide bonds. The normalized spacial score (nSPS) is 11.8. The van der Waals surface area contributed by atoms with Gasteiger partial charge in [-0.15, -0.1) is 0 Å². The Morgan fingerprint density at radius 3 is 2.67 bits per heavy atom. The van der Waals surface area contributed by atoms with E-state index in [1.165, 1.54) is 7.05 Å². The van der Waals surface area contributed by atoms with Gasteiger partial charge < -0.3 is 10.5 Å². The van der Waals surface area contributed by atoms with E-state index in [1.807, 2.05) is 0 Å². The average molecular weight is 296 g/mol. The fraction of sp³-hybridized carbons (Fsp3) is 0.429. The number of sulfonamides is 1. The smallest absolute Gasteiger partial charge is 0.306 e. The van der Waals surface area contributed by atoms with Crippen molar-refractivity contribution in [2.75, 3.05) is 25.6 Å². The third kappa shape index (κ3) is 2.76. The van der Waals surface area contributed by atoms with Crippen molar-refractivity contribution in [3.8, 4) is 0 Å². The maximum absolute atomic E-state index is 12.0. The third-order valence-electron chi connectivity index (χ3n) is 2.10. The van der Waals surface area contributed by atoms with Crippen molar-refractivity contribution >= 4 is 32.0 Å². The lowest BCUT2D eigenvalue weighted by molar-refractivity contribution is -0.383. The summed E-state index contributed by atoms with van der Waals surface area (Å²) in [5, 5.41) is 19.3. The molecule has 0 radical (unpaired) electrons. The molecule has 11 heteroatoms. The van der Waals surface area contributed by atoms with Crippen molar-refractivity contribution in [1.29, 1.82) is 0 Å². The summed E-state index contributed by atoms with van der Waals surface area (Å²) in [6.45, 7) is -0.440. The molecule has 0 spiro atoms. The first kappa shape index (κ1) is 14.8. The molecular weight excluding hydrogens is 284 g/mol. The number of nitrogens with two attached hydrogens (primary N) is 1. The monoisotopic (exact) mass is 296 g/mol. The molecule has 0 saturated heterocycles. The minimum Gasteiger partial charge on any atom is -0.395 e. The lowest BCUT2D eigenvalue weighted by atomic mass is 10.5. The van der Waals surface area contributed by atoms with Gasteiger partial charge >= 0.3 is 5.69 Å². The van der Waals surface area contributed by atoms with Gasteiger partial charge in [0.2, 0.25) is 0 Å². The van der Waals surface area contributed by atoms with Crippen LogP contribution in [-0.2, 0) is 10.0 Å². The maximum Gasteiger partial charge on any atom is 0.306 e. The van der Waals surface area contributed by atoms with E-state index in [2.05, 4.69) is 5.43 Å². The largest absolute Gasteiger partial charge is 0.395 e. The van der Waals surface area contributed by atoms with E-state index in [-0.39, 0.29) is 22.4 Å². The van der Waals surface area contributed by atoms with Gasteiger partial charge in [-0.05, 0) is 0 Å².